The average Bonchev–Trinajstić information content (AvgIpc) is 2.68. The Labute approximate surface area is 156 Å². The van der Waals surface area contributed by atoms with E-state index in [4.69, 9.17) is 0 Å². The largest absolute Gasteiger partial charge is 0.369 e. The molecule has 0 bridgehead atoms. The molecule has 2 aromatic rings. The lowest BCUT2D eigenvalue weighted by Gasteiger charge is -2.34. The molecule has 26 heavy (non-hydrogen) atoms. The maximum atomic E-state index is 12.8. The number of nitrogens with zero attached hydrogens (tertiary/aromatic N) is 2. The number of hydrogen-bond acceptors (Lipinski definition) is 3. The standard InChI is InChI=1S/C22H29N3O/c1-3-7-21(18-8-5-4-6-9-18)22(26)23-19-10-12-20(13-11-19)25-16-14-24(2)15-17-25/h4-6,8-13,21H,3,7,14-17H2,1-2H3,(H,23,26)/t21-/m0/s1. The number of likely N-dealkylation sites (N-methyl/N-ethyl adjacent to an activating group) is 1. The van der Waals surface area contributed by atoms with Gasteiger partial charge in [0.25, 0.3) is 0 Å². The molecule has 1 atom stereocenters. The van der Waals surface area contributed by atoms with Crippen molar-refractivity contribution in [1.29, 1.82) is 0 Å². The van der Waals surface area contributed by atoms with Crippen molar-refractivity contribution in [3.05, 3.63) is 60.2 Å². The van der Waals surface area contributed by atoms with Gasteiger partial charge in [-0.15, -0.1) is 0 Å². The van der Waals surface area contributed by atoms with Gasteiger partial charge in [0, 0.05) is 37.6 Å². The summed E-state index contributed by atoms with van der Waals surface area (Å²) in [6.45, 7) is 6.40. The topological polar surface area (TPSA) is 35.6 Å². The Morgan fingerprint density at radius 2 is 1.65 bits per heavy atom. The highest BCUT2D eigenvalue weighted by molar-refractivity contribution is 5.96. The number of piperazine rings is 1. The summed E-state index contributed by atoms with van der Waals surface area (Å²) < 4.78 is 0. The lowest BCUT2D eigenvalue weighted by atomic mass is 9.93. The Balaban J connectivity index is 1.65. The molecule has 4 heteroatoms. The Hall–Kier alpha value is -2.33. The third-order valence-corrected chi connectivity index (χ3v) is 5.10. The summed E-state index contributed by atoms with van der Waals surface area (Å²) in [6, 6.07) is 18.3. The number of hydrogen-bond donors (Lipinski definition) is 1. The average molecular weight is 351 g/mol. The van der Waals surface area contributed by atoms with E-state index in [1.807, 2.05) is 42.5 Å². The van der Waals surface area contributed by atoms with Crippen molar-refractivity contribution in [2.75, 3.05) is 43.4 Å². The van der Waals surface area contributed by atoms with Gasteiger partial charge >= 0.3 is 0 Å². The fourth-order valence-corrected chi connectivity index (χ4v) is 3.47. The number of nitrogens with one attached hydrogen (secondary N) is 1. The first kappa shape index (κ1) is 18.5. The highest BCUT2D eigenvalue weighted by atomic mass is 16.1. The van der Waals surface area contributed by atoms with Gasteiger partial charge in [-0.1, -0.05) is 43.7 Å². The zero-order valence-electron chi connectivity index (χ0n) is 15.8. The first-order valence-corrected chi connectivity index (χ1v) is 9.56. The van der Waals surface area contributed by atoms with Gasteiger partial charge in [0.1, 0.15) is 0 Å². The minimum atomic E-state index is -0.0986. The molecule has 138 valence electrons. The van der Waals surface area contributed by atoms with E-state index in [-0.39, 0.29) is 11.8 Å². The van der Waals surface area contributed by atoms with Crippen molar-refractivity contribution < 1.29 is 4.79 Å². The zero-order chi connectivity index (χ0) is 18.4. The predicted molar refractivity (Wildman–Crippen MR) is 109 cm³/mol. The van der Waals surface area contributed by atoms with Crippen molar-refractivity contribution in [2.45, 2.75) is 25.7 Å². The fourth-order valence-electron chi connectivity index (χ4n) is 3.47. The van der Waals surface area contributed by atoms with Gasteiger partial charge in [0.2, 0.25) is 5.91 Å². The van der Waals surface area contributed by atoms with Crippen LogP contribution in [0.1, 0.15) is 31.2 Å². The molecule has 4 nitrogen and oxygen atoms in total. The van der Waals surface area contributed by atoms with E-state index in [2.05, 4.69) is 41.2 Å². The number of amides is 1. The third kappa shape index (κ3) is 4.64. The van der Waals surface area contributed by atoms with Crippen molar-refractivity contribution in [3.8, 4) is 0 Å². The molecule has 1 aliphatic rings. The maximum absolute atomic E-state index is 12.8. The lowest BCUT2D eigenvalue weighted by Crippen LogP contribution is -2.44. The molecule has 1 amide bonds. The first-order valence-electron chi connectivity index (χ1n) is 9.56. The smallest absolute Gasteiger partial charge is 0.231 e. The molecular weight excluding hydrogens is 322 g/mol. The van der Waals surface area contributed by atoms with Crippen molar-refractivity contribution in [3.63, 3.8) is 0 Å². The van der Waals surface area contributed by atoms with Crippen molar-refractivity contribution >= 4 is 17.3 Å². The summed E-state index contributed by atoms with van der Waals surface area (Å²) in [4.78, 5) is 17.5. The van der Waals surface area contributed by atoms with Crippen LogP contribution in [-0.2, 0) is 4.79 Å². The molecule has 0 aliphatic carbocycles. The summed E-state index contributed by atoms with van der Waals surface area (Å²) in [5.74, 6) is -0.0242. The SMILES string of the molecule is CCC[C@H](C(=O)Nc1ccc(N2CCN(C)CC2)cc1)c1ccccc1. The van der Waals surface area contributed by atoms with Crippen LogP contribution in [0.25, 0.3) is 0 Å². The molecule has 0 saturated carbocycles. The van der Waals surface area contributed by atoms with Crippen molar-refractivity contribution in [2.24, 2.45) is 0 Å². The van der Waals surface area contributed by atoms with E-state index in [1.54, 1.807) is 0 Å². The predicted octanol–water partition coefficient (Wildman–Crippen LogP) is 3.96. The number of rotatable bonds is 6. The van der Waals surface area contributed by atoms with Crippen LogP contribution in [0.3, 0.4) is 0 Å². The van der Waals surface area contributed by atoms with Gasteiger partial charge in [-0.25, -0.2) is 0 Å². The van der Waals surface area contributed by atoms with Crippen LogP contribution in [-0.4, -0.2) is 44.0 Å². The van der Waals surface area contributed by atoms with E-state index in [0.717, 1.165) is 50.3 Å². The van der Waals surface area contributed by atoms with Gasteiger partial charge in [-0.3, -0.25) is 4.79 Å². The second-order valence-corrected chi connectivity index (χ2v) is 7.08. The van der Waals surface area contributed by atoms with E-state index < -0.39 is 0 Å². The number of benzene rings is 2. The second-order valence-electron chi connectivity index (χ2n) is 7.08. The zero-order valence-corrected chi connectivity index (χ0v) is 15.8. The summed E-state index contributed by atoms with van der Waals surface area (Å²) in [6.07, 6.45) is 1.84. The molecule has 0 aromatic heterocycles. The van der Waals surface area contributed by atoms with Crippen LogP contribution >= 0.6 is 0 Å². The lowest BCUT2D eigenvalue weighted by molar-refractivity contribution is -0.117. The van der Waals surface area contributed by atoms with Gasteiger partial charge in [-0.2, -0.15) is 0 Å². The van der Waals surface area contributed by atoms with Gasteiger partial charge in [0.15, 0.2) is 0 Å². The van der Waals surface area contributed by atoms with E-state index in [0.29, 0.717) is 0 Å². The second kappa shape index (κ2) is 8.86. The normalized spacial score (nSPS) is 16.3. The quantitative estimate of drug-likeness (QED) is 0.856. The third-order valence-electron chi connectivity index (χ3n) is 5.10. The minimum Gasteiger partial charge on any atom is -0.369 e. The van der Waals surface area contributed by atoms with Crippen LogP contribution in [0.15, 0.2) is 54.6 Å². The number of carbonyl (C=O) groups excluding carboxylic acids is 1. The molecule has 0 unspecified atom stereocenters. The summed E-state index contributed by atoms with van der Waals surface area (Å²) >= 11 is 0. The minimum absolute atomic E-state index is 0.0744. The number of carbonyl (C=O) groups is 1. The summed E-state index contributed by atoms with van der Waals surface area (Å²) in [5.41, 5.74) is 3.18. The van der Waals surface area contributed by atoms with Gasteiger partial charge in [0.05, 0.1) is 5.92 Å². The Morgan fingerprint density at radius 3 is 2.27 bits per heavy atom. The molecule has 1 saturated heterocycles. The highest BCUT2D eigenvalue weighted by Gasteiger charge is 2.20. The molecule has 3 rings (SSSR count). The van der Waals surface area contributed by atoms with Gasteiger partial charge < -0.3 is 15.1 Å². The van der Waals surface area contributed by atoms with Crippen LogP contribution in [0.4, 0.5) is 11.4 Å². The van der Waals surface area contributed by atoms with Crippen LogP contribution in [0.5, 0.6) is 0 Å². The van der Waals surface area contributed by atoms with E-state index in [1.165, 1.54) is 5.69 Å². The maximum Gasteiger partial charge on any atom is 0.231 e. The Bertz CT molecular complexity index is 691. The molecule has 1 aliphatic heterocycles. The Kier molecular flexibility index (Phi) is 6.29. The van der Waals surface area contributed by atoms with Crippen LogP contribution in [0, 0.1) is 0 Å². The first-order chi connectivity index (χ1) is 12.7. The monoisotopic (exact) mass is 351 g/mol. The van der Waals surface area contributed by atoms with E-state index in [9.17, 15) is 4.79 Å². The molecule has 1 heterocycles. The van der Waals surface area contributed by atoms with Crippen LogP contribution < -0.4 is 10.2 Å². The molecule has 2 aromatic carbocycles. The van der Waals surface area contributed by atoms with Gasteiger partial charge in [-0.05, 0) is 43.3 Å². The van der Waals surface area contributed by atoms with E-state index >= 15 is 0 Å². The number of anilines is 2. The molecule has 1 N–H and O–H groups in total. The molecule has 0 spiro atoms. The Morgan fingerprint density at radius 1 is 1.00 bits per heavy atom. The highest BCUT2D eigenvalue weighted by Crippen LogP contribution is 2.24. The summed E-state index contributed by atoms with van der Waals surface area (Å²) in [5, 5.41) is 3.10. The molecular formula is C22H29N3O. The fraction of sp³-hybridized carbons (Fsp3) is 0.409. The van der Waals surface area contributed by atoms with Crippen LogP contribution in [0.2, 0.25) is 0 Å². The molecule has 1 fully saturated rings. The van der Waals surface area contributed by atoms with Crippen molar-refractivity contribution in [1.82, 2.24) is 4.90 Å². The summed E-state index contributed by atoms with van der Waals surface area (Å²) in [7, 11) is 2.16. The molecule has 0 radical (unpaired) electrons.